The zero-order valence-corrected chi connectivity index (χ0v) is 13.7. The van der Waals surface area contributed by atoms with Crippen LogP contribution in [0.5, 0.6) is 0 Å². The monoisotopic (exact) mass is 293 g/mol. The molecule has 2 heterocycles. The predicted molar refractivity (Wildman–Crippen MR) is 85.4 cm³/mol. The highest BCUT2D eigenvalue weighted by Crippen LogP contribution is 2.29. The van der Waals surface area contributed by atoms with Crippen molar-refractivity contribution in [3.63, 3.8) is 0 Å². The Morgan fingerprint density at radius 3 is 2.67 bits per heavy atom. The third-order valence-electron chi connectivity index (χ3n) is 4.01. The number of nitrogens with zero attached hydrogens (tertiary/aromatic N) is 3. The highest BCUT2D eigenvalue weighted by molar-refractivity contribution is 5.50. The summed E-state index contributed by atoms with van der Waals surface area (Å²) in [5.74, 6) is 7.90. The average Bonchev–Trinajstić information content (AvgIpc) is 2.46. The van der Waals surface area contributed by atoms with Gasteiger partial charge in [0.1, 0.15) is 17.5 Å². The Hall–Kier alpha value is -1.40. The Labute approximate surface area is 127 Å². The van der Waals surface area contributed by atoms with Crippen LogP contribution in [-0.4, -0.2) is 35.8 Å². The van der Waals surface area contributed by atoms with Crippen LogP contribution in [0.3, 0.4) is 0 Å². The van der Waals surface area contributed by atoms with Crippen LogP contribution in [0.25, 0.3) is 0 Å². The van der Waals surface area contributed by atoms with Crippen LogP contribution < -0.4 is 16.2 Å². The lowest BCUT2D eigenvalue weighted by atomic mass is 9.94. The van der Waals surface area contributed by atoms with Gasteiger partial charge in [-0.15, -0.1) is 0 Å². The zero-order chi connectivity index (χ0) is 15.7. The van der Waals surface area contributed by atoms with E-state index in [4.69, 9.17) is 15.6 Å². The molecule has 0 bridgehead atoms. The van der Waals surface area contributed by atoms with Crippen LogP contribution in [0.15, 0.2) is 6.07 Å². The van der Waals surface area contributed by atoms with Gasteiger partial charge in [0, 0.05) is 31.7 Å². The van der Waals surface area contributed by atoms with E-state index in [0.29, 0.717) is 5.82 Å². The van der Waals surface area contributed by atoms with Crippen molar-refractivity contribution in [3.05, 3.63) is 11.9 Å². The summed E-state index contributed by atoms with van der Waals surface area (Å²) < 4.78 is 5.66. The topological polar surface area (TPSA) is 76.3 Å². The van der Waals surface area contributed by atoms with Crippen LogP contribution >= 0.6 is 0 Å². The van der Waals surface area contributed by atoms with Gasteiger partial charge in [-0.25, -0.2) is 15.8 Å². The fourth-order valence-electron chi connectivity index (χ4n) is 2.57. The molecule has 0 aliphatic carbocycles. The molecule has 1 aliphatic rings. The van der Waals surface area contributed by atoms with Gasteiger partial charge in [0.15, 0.2) is 0 Å². The third kappa shape index (κ3) is 3.63. The van der Waals surface area contributed by atoms with Crippen molar-refractivity contribution in [1.29, 1.82) is 0 Å². The molecule has 2 rings (SSSR count). The molecule has 6 nitrogen and oxygen atoms in total. The summed E-state index contributed by atoms with van der Waals surface area (Å²) in [6.07, 6.45) is 2.16. The number of nitrogen functional groups attached to an aromatic ring is 1. The van der Waals surface area contributed by atoms with Crippen LogP contribution in [0.1, 0.15) is 46.4 Å². The van der Waals surface area contributed by atoms with Gasteiger partial charge in [0.2, 0.25) is 0 Å². The van der Waals surface area contributed by atoms with Gasteiger partial charge in [0.25, 0.3) is 0 Å². The molecule has 0 saturated carbocycles. The number of piperidine rings is 1. The molecule has 1 unspecified atom stereocenters. The Kier molecular flexibility index (Phi) is 4.39. The van der Waals surface area contributed by atoms with Crippen LogP contribution in [0, 0.1) is 0 Å². The van der Waals surface area contributed by atoms with E-state index in [1.165, 1.54) is 0 Å². The third-order valence-corrected chi connectivity index (χ3v) is 4.01. The lowest BCUT2D eigenvalue weighted by Gasteiger charge is -2.40. The van der Waals surface area contributed by atoms with E-state index >= 15 is 0 Å². The second-order valence-electron chi connectivity index (χ2n) is 7.01. The van der Waals surface area contributed by atoms with Crippen molar-refractivity contribution in [2.45, 2.75) is 51.6 Å². The first-order chi connectivity index (χ1) is 9.77. The molecule has 1 aromatic rings. The standard InChI is InChI=1S/C15H27N5O/c1-14(2,3)13-17-11(19-16)9-12(18-13)20-8-6-7-15(4,10-20)21-5/h9H,6-8,10,16H2,1-5H3,(H,17,18,19). The van der Waals surface area contributed by atoms with E-state index in [9.17, 15) is 0 Å². The van der Waals surface area contributed by atoms with Crippen molar-refractivity contribution < 1.29 is 4.74 Å². The minimum atomic E-state index is -0.124. The molecular formula is C15H27N5O. The van der Waals surface area contributed by atoms with Crippen LogP contribution in [-0.2, 0) is 10.2 Å². The number of rotatable bonds is 3. The Balaban J connectivity index is 2.34. The second-order valence-corrected chi connectivity index (χ2v) is 7.01. The summed E-state index contributed by atoms with van der Waals surface area (Å²) in [6, 6.07) is 1.90. The van der Waals surface area contributed by atoms with Gasteiger partial charge >= 0.3 is 0 Å². The molecule has 1 aromatic heterocycles. The number of anilines is 2. The van der Waals surface area contributed by atoms with Crippen molar-refractivity contribution in [3.8, 4) is 0 Å². The molecular weight excluding hydrogens is 266 g/mol. The van der Waals surface area contributed by atoms with Crippen LogP contribution in [0.4, 0.5) is 11.6 Å². The largest absolute Gasteiger partial charge is 0.377 e. The first kappa shape index (κ1) is 16.0. The summed E-state index contributed by atoms with van der Waals surface area (Å²) in [6.45, 7) is 10.2. The van der Waals surface area contributed by atoms with E-state index in [1.807, 2.05) is 6.07 Å². The lowest BCUT2D eigenvalue weighted by Crippen LogP contribution is -2.48. The van der Waals surface area contributed by atoms with E-state index in [0.717, 1.165) is 37.6 Å². The minimum absolute atomic E-state index is 0.123. The van der Waals surface area contributed by atoms with Gasteiger partial charge in [-0.3, -0.25) is 0 Å². The number of hydrazine groups is 1. The number of aromatic nitrogens is 2. The minimum Gasteiger partial charge on any atom is -0.377 e. The number of ether oxygens (including phenoxy) is 1. The Morgan fingerprint density at radius 2 is 2.10 bits per heavy atom. The van der Waals surface area contributed by atoms with Gasteiger partial charge in [-0.2, -0.15) is 0 Å². The smallest absolute Gasteiger partial charge is 0.145 e. The first-order valence-electron chi connectivity index (χ1n) is 7.44. The predicted octanol–water partition coefficient (Wildman–Crippen LogP) is 2.06. The first-order valence-corrected chi connectivity index (χ1v) is 7.44. The van der Waals surface area contributed by atoms with Crippen molar-refractivity contribution >= 4 is 11.6 Å². The molecule has 21 heavy (non-hydrogen) atoms. The van der Waals surface area contributed by atoms with E-state index in [2.05, 4.69) is 43.0 Å². The summed E-state index contributed by atoms with van der Waals surface area (Å²) in [5, 5.41) is 0. The van der Waals surface area contributed by atoms with E-state index < -0.39 is 0 Å². The molecule has 0 spiro atoms. The summed E-state index contributed by atoms with van der Waals surface area (Å²) in [7, 11) is 1.77. The maximum absolute atomic E-state index is 5.66. The molecule has 0 radical (unpaired) electrons. The van der Waals surface area contributed by atoms with Gasteiger partial charge < -0.3 is 15.1 Å². The highest BCUT2D eigenvalue weighted by Gasteiger charge is 2.32. The zero-order valence-electron chi connectivity index (χ0n) is 13.7. The molecule has 3 N–H and O–H groups in total. The molecule has 1 aliphatic heterocycles. The summed E-state index contributed by atoms with van der Waals surface area (Å²) in [4.78, 5) is 11.5. The normalized spacial score (nSPS) is 23.2. The van der Waals surface area contributed by atoms with Crippen LogP contribution in [0.2, 0.25) is 0 Å². The highest BCUT2D eigenvalue weighted by atomic mass is 16.5. The molecule has 1 fully saturated rings. The molecule has 0 aromatic carbocycles. The summed E-state index contributed by atoms with van der Waals surface area (Å²) in [5.41, 5.74) is 2.40. The van der Waals surface area contributed by atoms with Gasteiger partial charge in [0.05, 0.1) is 5.60 Å². The average molecular weight is 293 g/mol. The van der Waals surface area contributed by atoms with Gasteiger partial charge in [-0.1, -0.05) is 20.8 Å². The maximum atomic E-state index is 5.66. The van der Waals surface area contributed by atoms with E-state index in [-0.39, 0.29) is 11.0 Å². The molecule has 118 valence electrons. The fourth-order valence-corrected chi connectivity index (χ4v) is 2.57. The Morgan fingerprint density at radius 1 is 1.38 bits per heavy atom. The molecule has 1 saturated heterocycles. The molecule has 1 atom stereocenters. The maximum Gasteiger partial charge on any atom is 0.145 e. The SMILES string of the molecule is COC1(C)CCCN(c2cc(NN)nc(C(C)(C)C)n2)C1. The van der Waals surface area contributed by atoms with Crippen molar-refractivity contribution in [2.24, 2.45) is 5.84 Å². The Bertz CT molecular complexity index is 499. The van der Waals surface area contributed by atoms with Crippen molar-refractivity contribution in [1.82, 2.24) is 9.97 Å². The van der Waals surface area contributed by atoms with Gasteiger partial charge in [-0.05, 0) is 19.8 Å². The molecule has 6 heteroatoms. The second kappa shape index (κ2) is 5.77. The quantitative estimate of drug-likeness (QED) is 0.656. The number of nitrogens with one attached hydrogen (secondary N) is 1. The fraction of sp³-hybridized carbons (Fsp3) is 0.733. The molecule has 0 amide bonds. The number of methoxy groups -OCH3 is 1. The number of nitrogens with two attached hydrogens (primary N) is 1. The summed E-state index contributed by atoms with van der Waals surface area (Å²) >= 11 is 0. The van der Waals surface area contributed by atoms with Crippen molar-refractivity contribution in [2.75, 3.05) is 30.5 Å². The van der Waals surface area contributed by atoms with E-state index in [1.54, 1.807) is 7.11 Å². The lowest BCUT2D eigenvalue weighted by molar-refractivity contribution is -0.00482. The number of hydrogen-bond donors (Lipinski definition) is 2. The number of hydrogen-bond acceptors (Lipinski definition) is 6.